The Hall–Kier alpha value is -1.44. The zero-order valence-corrected chi connectivity index (χ0v) is 43.4. The molecule has 0 aromatic rings. The van der Waals surface area contributed by atoms with Crippen LogP contribution >= 0.6 is 7.82 Å². The van der Waals surface area contributed by atoms with Gasteiger partial charge in [0.15, 0.2) is 0 Å². The van der Waals surface area contributed by atoms with Crippen molar-refractivity contribution >= 4 is 13.8 Å². The number of carbonyl (C=O) groups excluding carboxylic acids is 1. The minimum atomic E-state index is -5.03. The summed E-state index contributed by atoms with van der Waals surface area (Å²) in [6.45, 7) is 4.27. The summed E-state index contributed by atoms with van der Waals surface area (Å²) in [6, 6.07) is 0. The number of hydrogen-bond donors (Lipinski definition) is 6. The van der Waals surface area contributed by atoms with E-state index >= 15 is 0 Å². The summed E-state index contributed by atoms with van der Waals surface area (Å²) in [5.74, 6) is -0.480. The van der Waals surface area contributed by atoms with Crippen molar-refractivity contribution in [1.29, 1.82) is 0 Å². The molecule has 0 aliphatic heterocycles. The van der Waals surface area contributed by atoms with E-state index < -0.39 is 63.1 Å². The Balaban J connectivity index is 2.31. The molecular formula is C54H101O12P. The van der Waals surface area contributed by atoms with Crippen LogP contribution in [-0.4, -0.2) is 98.9 Å². The molecule has 0 saturated heterocycles. The Kier molecular flexibility index (Phi) is 42.2. The van der Waals surface area contributed by atoms with E-state index in [2.05, 4.69) is 50.3 Å². The highest BCUT2D eigenvalue weighted by Crippen LogP contribution is 2.47. The molecule has 394 valence electrons. The van der Waals surface area contributed by atoms with Gasteiger partial charge in [-0.1, -0.05) is 198 Å². The fourth-order valence-corrected chi connectivity index (χ4v) is 9.35. The molecule has 0 aromatic carbocycles. The third-order valence-corrected chi connectivity index (χ3v) is 13.7. The van der Waals surface area contributed by atoms with E-state index in [9.17, 15) is 39.8 Å². The maximum atomic E-state index is 12.9. The zero-order valence-electron chi connectivity index (χ0n) is 42.5. The molecule has 1 aliphatic carbocycles. The summed E-state index contributed by atoms with van der Waals surface area (Å²) >= 11 is 0. The molecule has 0 spiro atoms. The van der Waals surface area contributed by atoms with Crippen molar-refractivity contribution in [2.75, 3.05) is 19.8 Å². The minimum Gasteiger partial charge on any atom is -0.457 e. The van der Waals surface area contributed by atoms with Crippen LogP contribution in [0.4, 0.5) is 0 Å². The number of ether oxygens (including phenoxy) is 2. The Morgan fingerprint density at radius 3 is 1.27 bits per heavy atom. The normalized spacial score (nSPS) is 21.5. The maximum Gasteiger partial charge on any atom is 0.472 e. The van der Waals surface area contributed by atoms with E-state index in [1.54, 1.807) is 0 Å². The smallest absolute Gasteiger partial charge is 0.457 e. The van der Waals surface area contributed by atoms with Crippen LogP contribution in [0.15, 0.2) is 36.5 Å². The number of unbranched alkanes of at least 4 members (excludes halogenated alkanes) is 29. The monoisotopic (exact) mass is 973 g/mol. The van der Waals surface area contributed by atoms with Crippen LogP contribution < -0.4 is 0 Å². The summed E-state index contributed by atoms with van der Waals surface area (Å²) in [5.41, 5.74) is 0. The van der Waals surface area contributed by atoms with Crippen LogP contribution in [0.25, 0.3) is 0 Å². The number of hydrogen-bond acceptors (Lipinski definition) is 11. The van der Waals surface area contributed by atoms with Crippen LogP contribution in [0.3, 0.4) is 0 Å². The van der Waals surface area contributed by atoms with Crippen LogP contribution in [0.2, 0.25) is 0 Å². The first-order chi connectivity index (χ1) is 32.5. The van der Waals surface area contributed by atoms with E-state index in [0.717, 1.165) is 51.4 Å². The minimum absolute atomic E-state index is 0.0789. The lowest BCUT2D eigenvalue weighted by Gasteiger charge is -2.41. The van der Waals surface area contributed by atoms with E-state index in [1.165, 1.54) is 161 Å². The van der Waals surface area contributed by atoms with Gasteiger partial charge in [-0.15, -0.1) is 0 Å². The number of carbonyl (C=O) groups is 1. The molecule has 6 unspecified atom stereocenters. The third kappa shape index (κ3) is 36.2. The number of rotatable bonds is 47. The van der Waals surface area contributed by atoms with E-state index in [4.69, 9.17) is 18.5 Å². The van der Waals surface area contributed by atoms with Gasteiger partial charge in [0.05, 0.1) is 13.2 Å². The summed E-state index contributed by atoms with van der Waals surface area (Å²) in [5, 5.41) is 50.4. The molecule has 0 heterocycles. The Morgan fingerprint density at radius 2 is 0.836 bits per heavy atom. The van der Waals surface area contributed by atoms with Crippen LogP contribution in [0.1, 0.15) is 239 Å². The quantitative estimate of drug-likeness (QED) is 0.0147. The molecule has 1 saturated carbocycles. The molecule has 1 aliphatic rings. The lowest BCUT2D eigenvalue weighted by atomic mass is 9.85. The summed E-state index contributed by atoms with van der Waals surface area (Å²) in [7, 11) is -5.03. The molecule has 1 fully saturated rings. The second-order valence-electron chi connectivity index (χ2n) is 19.1. The fraction of sp³-hybridized carbons (Fsp3) is 0.870. The first-order valence-corrected chi connectivity index (χ1v) is 28.8. The Morgan fingerprint density at radius 1 is 0.478 bits per heavy atom. The highest BCUT2D eigenvalue weighted by Gasteiger charge is 2.51. The van der Waals surface area contributed by atoms with Crippen LogP contribution in [-0.2, 0) is 27.9 Å². The van der Waals surface area contributed by atoms with Gasteiger partial charge in [0.1, 0.15) is 42.7 Å². The summed E-state index contributed by atoms with van der Waals surface area (Å²) < 4.78 is 34.4. The van der Waals surface area contributed by atoms with E-state index in [0.29, 0.717) is 13.0 Å². The van der Waals surface area contributed by atoms with Gasteiger partial charge in [-0.25, -0.2) is 4.57 Å². The average Bonchev–Trinajstić information content (AvgIpc) is 3.31. The number of allylic oxidation sites excluding steroid dienone is 6. The predicted molar refractivity (Wildman–Crippen MR) is 272 cm³/mol. The van der Waals surface area contributed by atoms with Crippen molar-refractivity contribution in [2.45, 2.75) is 281 Å². The molecule has 6 atom stereocenters. The second kappa shape index (κ2) is 44.5. The molecule has 13 heteroatoms. The molecule has 67 heavy (non-hydrogen) atoms. The number of aliphatic hydroxyl groups excluding tert-OH is 5. The molecule has 1 rings (SSSR count). The van der Waals surface area contributed by atoms with Crippen molar-refractivity contribution in [1.82, 2.24) is 0 Å². The summed E-state index contributed by atoms with van der Waals surface area (Å²) in [4.78, 5) is 23.3. The zero-order chi connectivity index (χ0) is 49.1. The van der Waals surface area contributed by atoms with Crippen LogP contribution in [0.5, 0.6) is 0 Å². The largest absolute Gasteiger partial charge is 0.472 e. The van der Waals surface area contributed by atoms with Gasteiger partial charge in [-0.05, 0) is 70.6 Å². The first-order valence-electron chi connectivity index (χ1n) is 27.3. The van der Waals surface area contributed by atoms with Gasteiger partial charge in [-0.2, -0.15) is 0 Å². The molecule has 0 bridgehead atoms. The Labute approximate surface area is 408 Å². The summed E-state index contributed by atoms with van der Waals surface area (Å²) in [6.07, 6.45) is 42.1. The molecular weight excluding hydrogens is 872 g/mol. The number of phosphoric acid groups is 1. The topological polar surface area (TPSA) is 192 Å². The Bertz CT molecular complexity index is 1250. The van der Waals surface area contributed by atoms with Gasteiger partial charge in [-0.3, -0.25) is 13.8 Å². The number of aliphatic hydroxyl groups is 5. The molecule has 0 amide bonds. The molecule has 0 aromatic heterocycles. The third-order valence-electron chi connectivity index (χ3n) is 12.7. The number of phosphoric ester groups is 1. The SMILES string of the molecule is CCCCCCC/C=C\C/C=C\CCCCCCCCCCCCOCC(COP(=O)(O)OC1C(O)C(O)C(O)C(O)C1O)OC(=O)CCCCCCCCC/C=C\CCCCCCCCC. The molecule has 12 nitrogen and oxygen atoms in total. The van der Waals surface area contributed by atoms with Crippen molar-refractivity contribution in [2.24, 2.45) is 0 Å². The lowest BCUT2D eigenvalue weighted by Crippen LogP contribution is -2.64. The van der Waals surface area contributed by atoms with E-state index in [1.807, 2.05) is 0 Å². The first kappa shape index (κ1) is 63.6. The highest BCUT2D eigenvalue weighted by atomic mass is 31.2. The van der Waals surface area contributed by atoms with Gasteiger partial charge in [0.2, 0.25) is 0 Å². The van der Waals surface area contributed by atoms with Crippen molar-refractivity contribution in [3.63, 3.8) is 0 Å². The molecule has 6 N–H and O–H groups in total. The van der Waals surface area contributed by atoms with Crippen LogP contribution in [0, 0.1) is 0 Å². The van der Waals surface area contributed by atoms with Gasteiger partial charge >= 0.3 is 13.8 Å². The average molecular weight is 973 g/mol. The van der Waals surface area contributed by atoms with Gasteiger partial charge in [0.25, 0.3) is 0 Å². The van der Waals surface area contributed by atoms with Crippen molar-refractivity contribution in [3.8, 4) is 0 Å². The highest BCUT2D eigenvalue weighted by molar-refractivity contribution is 7.47. The second-order valence-corrected chi connectivity index (χ2v) is 20.5. The van der Waals surface area contributed by atoms with E-state index in [-0.39, 0.29) is 13.0 Å². The molecule has 0 radical (unpaired) electrons. The fourth-order valence-electron chi connectivity index (χ4n) is 8.38. The van der Waals surface area contributed by atoms with Crippen molar-refractivity contribution in [3.05, 3.63) is 36.5 Å². The predicted octanol–water partition coefficient (Wildman–Crippen LogP) is 12.6. The number of esters is 1. The standard InChI is InChI=1S/C54H101O12P/c1-3-5-7-9-11-13-15-17-19-21-23-24-25-26-28-30-32-34-36-38-40-42-44-63-45-47(46-64-67(61,62)66-54-52(59)50(57)49(56)51(58)53(54)60)65-48(55)43-41-39-37-35-33-31-29-27-22-20-18-16-14-12-10-8-6-4-2/h15,17,20-23,47,49-54,56-60H,3-14,16,18-19,24-46H2,1-2H3,(H,61,62)/b17-15-,22-20-,23-21-. The van der Waals surface area contributed by atoms with Crippen molar-refractivity contribution < 1.29 is 58.3 Å². The lowest BCUT2D eigenvalue weighted by molar-refractivity contribution is -0.220. The van der Waals surface area contributed by atoms with Gasteiger partial charge in [0, 0.05) is 13.0 Å². The maximum absolute atomic E-state index is 12.9. The van der Waals surface area contributed by atoms with Gasteiger partial charge < -0.3 is 39.9 Å².